The Bertz CT molecular complexity index is 812. The second-order valence-corrected chi connectivity index (χ2v) is 6.78. The quantitative estimate of drug-likeness (QED) is 0.665. The number of hydrogen-bond donors (Lipinski definition) is 4. The van der Waals surface area contributed by atoms with E-state index in [1.54, 1.807) is 32.0 Å². The number of carboxylic acid groups (broad SMARTS) is 1. The molecule has 1 atom stereocenters. The Hall–Kier alpha value is -2.53. The smallest absolute Gasteiger partial charge is 0.320 e. The van der Waals surface area contributed by atoms with Gasteiger partial charge >= 0.3 is 5.97 Å². The molecule has 2 aromatic rings. The van der Waals surface area contributed by atoms with Gasteiger partial charge in [-0.3, -0.25) is 4.79 Å². The van der Waals surface area contributed by atoms with Gasteiger partial charge in [0, 0.05) is 0 Å². The van der Waals surface area contributed by atoms with Crippen molar-refractivity contribution >= 4 is 5.97 Å². The molecule has 134 valence electrons. The van der Waals surface area contributed by atoms with Gasteiger partial charge in [-0.05, 0) is 71.7 Å². The van der Waals surface area contributed by atoms with Crippen molar-refractivity contribution in [3.63, 3.8) is 0 Å². The summed E-state index contributed by atoms with van der Waals surface area (Å²) < 4.78 is 0. The van der Waals surface area contributed by atoms with Crippen LogP contribution in [0.5, 0.6) is 11.5 Å². The SMILES string of the molecule is Cc1cc(C[C@H](N)C(=O)O)c(-c2ccc(O)c(C(C)C)c2)c(C)c1O. The fraction of sp³-hybridized carbons (Fsp3) is 0.350. The number of phenolic OH excluding ortho intramolecular Hbond substituents is 2. The number of aliphatic carboxylic acids is 1. The van der Waals surface area contributed by atoms with Gasteiger partial charge in [-0.25, -0.2) is 0 Å². The van der Waals surface area contributed by atoms with Crippen molar-refractivity contribution < 1.29 is 20.1 Å². The molecular formula is C20H25NO4. The van der Waals surface area contributed by atoms with Crippen LogP contribution in [0, 0.1) is 13.8 Å². The molecule has 25 heavy (non-hydrogen) atoms. The first-order chi connectivity index (χ1) is 11.6. The third kappa shape index (κ3) is 3.77. The Morgan fingerprint density at radius 3 is 2.36 bits per heavy atom. The summed E-state index contributed by atoms with van der Waals surface area (Å²) >= 11 is 0. The van der Waals surface area contributed by atoms with Crippen LogP contribution >= 0.6 is 0 Å². The number of aromatic hydroxyl groups is 2. The van der Waals surface area contributed by atoms with E-state index in [4.69, 9.17) is 10.8 Å². The molecule has 0 spiro atoms. The van der Waals surface area contributed by atoms with Crippen LogP contribution in [0.1, 0.15) is 42.0 Å². The molecule has 0 bridgehead atoms. The first-order valence-electron chi connectivity index (χ1n) is 8.27. The molecule has 0 saturated carbocycles. The number of phenols is 2. The van der Waals surface area contributed by atoms with Gasteiger partial charge in [0.15, 0.2) is 0 Å². The molecule has 0 aromatic heterocycles. The van der Waals surface area contributed by atoms with Gasteiger partial charge in [-0.2, -0.15) is 0 Å². The summed E-state index contributed by atoms with van der Waals surface area (Å²) in [6.45, 7) is 7.55. The molecule has 0 heterocycles. The van der Waals surface area contributed by atoms with Crippen molar-refractivity contribution in [2.75, 3.05) is 0 Å². The molecule has 0 aliphatic heterocycles. The maximum Gasteiger partial charge on any atom is 0.320 e. The predicted octanol–water partition coefficient (Wildman–Crippen LogP) is 3.46. The fourth-order valence-electron chi connectivity index (χ4n) is 3.12. The predicted molar refractivity (Wildman–Crippen MR) is 98.1 cm³/mol. The van der Waals surface area contributed by atoms with Crippen molar-refractivity contribution in [3.8, 4) is 22.6 Å². The highest BCUT2D eigenvalue weighted by Crippen LogP contribution is 2.38. The zero-order valence-electron chi connectivity index (χ0n) is 15.0. The van der Waals surface area contributed by atoms with E-state index >= 15 is 0 Å². The zero-order chi connectivity index (χ0) is 18.9. The number of aryl methyl sites for hydroxylation is 1. The highest BCUT2D eigenvalue weighted by molar-refractivity contribution is 5.78. The molecule has 0 fully saturated rings. The van der Waals surface area contributed by atoms with Gasteiger partial charge in [0.25, 0.3) is 0 Å². The van der Waals surface area contributed by atoms with Crippen LogP contribution in [0.3, 0.4) is 0 Å². The molecule has 0 amide bonds. The van der Waals surface area contributed by atoms with E-state index in [9.17, 15) is 15.0 Å². The van der Waals surface area contributed by atoms with Crippen LogP contribution in [-0.2, 0) is 11.2 Å². The third-order valence-corrected chi connectivity index (χ3v) is 4.51. The van der Waals surface area contributed by atoms with E-state index in [0.717, 1.165) is 22.3 Å². The first kappa shape index (κ1) is 18.8. The molecule has 2 rings (SSSR count). The molecule has 0 aliphatic rings. The number of carboxylic acids is 1. The molecule has 0 radical (unpaired) electrons. The number of rotatable bonds is 5. The lowest BCUT2D eigenvalue weighted by Gasteiger charge is -2.19. The average Bonchev–Trinajstić information content (AvgIpc) is 2.53. The number of benzene rings is 2. The van der Waals surface area contributed by atoms with Crippen LogP contribution in [0.25, 0.3) is 11.1 Å². The van der Waals surface area contributed by atoms with E-state index < -0.39 is 12.0 Å². The number of nitrogens with two attached hydrogens (primary N) is 1. The van der Waals surface area contributed by atoms with E-state index in [1.165, 1.54) is 0 Å². The summed E-state index contributed by atoms with van der Waals surface area (Å²) in [7, 11) is 0. The summed E-state index contributed by atoms with van der Waals surface area (Å²) in [5.41, 5.74) is 10.2. The Morgan fingerprint density at radius 2 is 1.80 bits per heavy atom. The van der Waals surface area contributed by atoms with Crippen molar-refractivity contribution in [3.05, 3.63) is 46.5 Å². The highest BCUT2D eigenvalue weighted by atomic mass is 16.4. The molecule has 2 aromatic carbocycles. The first-order valence-corrected chi connectivity index (χ1v) is 8.27. The Kier molecular flexibility index (Phi) is 5.38. The maximum atomic E-state index is 11.2. The van der Waals surface area contributed by atoms with Crippen LogP contribution in [0.2, 0.25) is 0 Å². The molecule has 5 nitrogen and oxygen atoms in total. The Balaban J connectivity index is 2.69. The third-order valence-electron chi connectivity index (χ3n) is 4.51. The van der Waals surface area contributed by atoms with E-state index in [1.807, 2.05) is 19.9 Å². The summed E-state index contributed by atoms with van der Waals surface area (Å²) in [4.78, 5) is 11.2. The largest absolute Gasteiger partial charge is 0.508 e. The fourth-order valence-corrected chi connectivity index (χ4v) is 3.12. The zero-order valence-corrected chi connectivity index (χ0v) is 15.0. The summed E-state index contributed by atoms with van der Waals surface area (Å²) in [6.07, 6.45) is 0.157. The second-order valence-electron chi connectivity index (χ2n) is 6.78. The van der Waals surface area contributed by atoms with Gasteiger partial charge in [-0.1, -0.05) is 26.0 Å². The Labute approximate surface area is 147 Å². The highest BCUT2D eigenvalue weighted by Gasteiger charge is 2.20. The van der Waals surface area contributed by atoms with Crippen LogP contribution in [0.15, 0.2) is 24.3 Å². The molecule has 0 saturated heterocycles. The van der Waals surface area contributed by atoms with E-state index in [2.05, 4.69) is 0 Å². The van der Waals surface area contributed by atoms with Gasteiger partial charge in [0.05, 0.1) is 0 Å². The van der Waals surface area contributed by atoms with E-state index in [0.29, 0.717) is 11.1 Å². The van der Waals surface area contributed by atoms with Gasteiger partial charge in [0.2, 0.25) is 0 Å². The summed E-state index contributed by atoms with van der Waals surface area (Å²) in [6, 6.07) is 6.04. The van der Waals surface area contributed by atoms with Gasteiger partial charge in [-0.15, -0.1) is 0 Å². The monoisotopic (exact) mass is 343 g/mol. The maximum absolute atomic E-state index is 11.2. The topological polar surface area (TPSA) is 104 Å². The van der Waals surface area contributed by atoms with Crippen molar-refractivity contribution in [2.24, 2.45) is 5.73 Å². The van der Waals surface area contributed by atoms with Crippen molar-refractivity contribution in [2.45, 2.75) is 46.1 Å². The number of carbonyl (C=O) groups is 1. The lowest BCUT2D eigenvalue weighted by molar-refractivity contribution is -0.138. The normalized spacial score (nSPS) is 12.4. The molecule has 5 N–H and O–H groups in total. The summed E-state index contributed by atoms with van der Waals surface area (Å²) in [5.74, 6) is -0.537. The minimum absolute atomic E-state index is 0.129. The molecule has 5 heteroatoms. The average molecular weight is 343 g/mol. The summed E-state index contributed by atoms with van der Waals surface area (Å²) in [5, 5.41) is 29.6. The minimum Gasteiger partial charge on any atom is -0.508 e. The van der Waals surface area contributed by atoms with Crippen LogP contribution < -0.4 is 5.73 Å². The van der Waals surface area contributed by atoms with Crippen LogP contribution in [-0.4, -0.2) is 27.3 Å². The molecular weight excluding hydrogens is 318 g/mol. The van der Waals surface area contributed by atoms with Crippen LogP contribution in [0.4, 0.5) is 0 Å². The minimum atomic E-state index is -1.07. The lowest BCUT2D eigenvalue weighted by atomic mass is 9.87. The second kappa shape index (κ2) is 7.15. The van der Waals surface area contributed by atoms with Crippen molar-refractivity contribution in [1.82, 2.24) is 0 Å². The standard InChI is InChI=1S/C20H25NO4/c1-10(2)15-8-13(5-6-17(15)22)18-12(4)19(23)11(3)7-14(18)9-16(21)20(24)25/h5-8,10,16,22-23H,9,21H2,1-4H3,(H,24,25)/t16-/m0/s1. The van der Waals surface area contributed by atoms with Gasteiger partial charge in [0.1, 0.15) is 17.5 Å². The molecule has 0 unspecified atom stereocenters. The lowest BCUT2D eigenvalue weighted by Crippen LogP contribution is -2.32. The van der Waals surface area contributed by atoms with E-state index in [-0.39, 0.29) is 23.8 Å². The molecule has 0 aliphatic carbocycles. The van der Waals surface area contributed by atoms with Crippen molar-refractivity contribution in [1.29, 1.82) is 0 Å². The number of hydrogen-bond acceptors (Lipinski definition) is 4. The Morgan fingerprint density at radius 1 is 1.16 bits per heavy atom. The van der Waals surface area contributed by atoms with Gasteiger partial charge < -0.3 is 21.1 Å².